The van der Waals surface area contributed by atoms with Gasteiger partial charge in [0.05, 0.1) is 34.8 Å². The maximum absolute atomic E-state index is 10.0. The predicted octanol–water partition coefficient (Wildman–Crippen LogP) is 24.3. The maximum atomic E-state index is 10.0. The van der Waals surface area contributed by atoms with E-state index in [2.05, 4.69) is 330 Å². The van der Waals surface area contributed by atoms with Gasteiger partial charge in [0, 0.05) is 66.2 Å². The van der Waals surface area contributed by atoms with Crippen LogP contribution >= 0.6 is 0 Å². The standard InChI is InChI=1S/C96H60BN3O/c1-6-26-61(27-7-1)66-49-52-85(79(54-66)64-32-12-4-13-33-64)98-88-56-68(70-42-25-47-93-94(70)78-41-21-23-46-92(78)101-93)48-51-82(88)97-83-59-81-74-39-19-17-37-72(74)71-36-16-18-38-73(71)76-43-24-44-77-75-40-20-22-45-84(75)100(96(76)77)87(81)60-89(83)99(91-58-69(57-90(98)95(91)97)63-30-10-3-11-31-63)86-53-50-67(62-28-8-2-9-29-62)55-80(86)65-34-14-5-15-35-65/h1-60H/i3D,10D,11D,30D,31D. The number of benzene rings is 16. The lowest BCUT2D eigenvalue weighted by Crippen LogP contribution is -2.61. The van der Waals surface area contributed by atoms with Gasteiger partial charge in [-0.25, -0.2) is 0 Å². The van der Waals surface area contributed by atoms with Crippen LogP contribution in [0.15, 0.2) is 368 Å². The van der Waals surface area contributed by atoms with E-state index in [-0.39, 0.29) is 17.6 Å². The molecule has 0 radical (unpaired) electrons. The summed E-state index contributed by atoms with van der Waals surface area (Å²) >= 11 is 0. The van der Waals surface area contributed by atoms with E-state index in [9.17, 15) is 5.48 Å². The third-order valence-corrected chi connectivity index (χ3v) is 21.2. The van der Waals surface area contributed by atoms with Gasteiger partial charge in [-0.15, -0.1) is 0 Å². The van der Waals surface area contributed by atoms with Crippen molar-refractivity contribution < 1.29 is 11.3 Å². The molecule has 0 spiro atoms. The van der Waals surface area contributed by atoms with Crippen molar-refractivity contribution in [2.24, 2.45) is 0 Å². The first-order valence-corrected chi connectivity index (χ1v) is 34.5. The molecule has 2 aliphatic rings. The van der Waals surface area contributed by atoms with E-state index in [0.717, 1.165) is 188 Å². The average molecular weight is 1290 g/mol. The minimum Gasteiger partial charge on any atom is -0.456 e. The zero-order chi connectivity index (χ0) is 70.6. The molecule has 0 fully saturated rings. The van der Waals surface area contributed by atoms with E-state index in [1.165, 1.54) is 0 Å². The molecule has 21 rings (SSSR count). The van der Waals surface area contributed by atoms with Gasteiger partial charge in [-0.05, 0) is 160 Å². The average Bonchev–Trinajstić information content (AvgIpc) is 0.791. The van der Waals surface area contributed by atoms with Gasteiger partial charge >= 0.3 is 0 Å². The minimum atomic E-state index is -0.505. The Morgan fingerprint density at radius 3 is 1.34 bits per heavy atom. The number of rotatable bonds is 8. The number of furan rings is 1. The lowest BCUT2D eigenvalue weighted by atomic mass is 9.33. The summed E-state index contributed by atoms with van der Waals surface area (Å²) in [5, 5.41) is 10.9. The quantitative estimate of drug-likeness (QED) is 0.142. The number of fused-ring (bicyclic) bond motifs is 17. The van der Waals surface area contributed by atoms with Crippen LogP contribution in [0.5, 0.6) is 0 Å². The molecular formula is C96H60BN3O. The number of nitrogens with zero attached hydrogens (tertiary/aromatic N) is 3. The molecule has 4 nitrogen and oxygen atoms in total. The van der Waals surface area contributed by atoms with Crippen molar-refractivity contribution in [3.63, 3.8) is 0 Å². The molecule has 0 unspecified atom stereocenters. The highest BCUT2D eigenvalue weighted by molar-refractivity contribution is 7.00. The summed E-state index contributed by atoms with van der Waals surface area (Å²) < 4.78 is 57.1. The van der Waals surface area contributed by atoms with E-state index in [1.54, 1.807) is 0 Å². The van der Waals surface area contributed by atoms with Crippen LogP contribution < -0.4 is 26.2 Å². The summed E-state index contributed by atoms with van der Waals surface area (Å²) in [7, 11) is 0. The van der Waals surface area contributed by atoms with Crippen LogP contribution in [-0.2, 0) is 0 Å². The summed E-state index contributed by atoms with van der Waals surface area (Å²) in [4.78, 5) is 4.86. The fourth-order valence-electron chi connectivity index (χ4n) is 16.8. The van der Waals surface area contributed by atoms with Gasteiger partial charge in [-0.3, -0.25) is 0 Å². The Balaban J connectivity index is 0.984. The zero-order valence-corrected chi connectivity index (χ0v) is 54.6. The van der Waals surface area contributed by atoms with Crippen LogP contribution in [0.3, 0.4) is 0 Å². The molecule has 0 saturated heterocycles. The highest BCUT2D eigenvalue weighted by atomic mass is 16.3. The molecule has 468 valence electrons. The Bertz CT molecular complexity index is 6950. The molecular weight excluding hydrogens is 1220 g/mol. The summed E-state index contributed by atoms with van der Waals surface area (Å²) in [5.41, 5.74) is 23.7. The number of para-hydroxylation sites is 3. The highest BCUT2D eigenvalue weighted by Crippen LogP contribution is 2.53. The normalized spacial score (nSPS) is 13.2. The first-order valence-electron chi connectivity index (χ1n) is 37.0. The van der Waals surface area contributed by atoms with E-state index >= 15 is 0 Å². The van der Waals surface area contributed by atoms with Gasteiger partial charge < -0.3 is 18.6 Å². The topological polar surface area (TPSA) is 24.0 Å². The monoisotopic (exact) mass is 1290 g/mol. The third-order valence-electron chi connectivity index (χ3n) is 21.2. The third kappa shape index (κ3) is 8.83. The second kappa shape index (κ2) is 22.7. The lowest BCUT2D eigenvalue weighted by molar-refractivity contribution is 0.669. The molecule has 5 heteroatoms. The van der Waals surface area contributed by atoms with Crippen LogP contribution in [-0.4, -0.2) is 11.1 Å². The molecule has 0 bridgehead atoms. The summed E-state index contributed by atoms with van der Waals surface area (Å²) in [6.07, 6.45) is 0. The van der Waals surface area contributed by atoms with Crippen LogP contribution in [0, 0.1) is 0 Å². The minimum absolute atomic E-state index is 0.0965. The molecule has 5 heterocycles. The predicted molar refractivity (Wildman–Crippen MR) is 428 cm³/mol. The molecule has 19 aromatic rings. The van der Waals surface area contributed by atoms with Gasteiger partial charge in [0.25, 0.3) is 6.71 Å². The molecule has 0 amide bonds. The second-order valence-corrected chi connectivity index (χ2v) is 26.6. The van der Waals surface area contributed by atoms with Crippen molar-refractivity contribution in [3.05, 3.63) is 364 Å². The van der Waals surface area contributed by atoms with Crippen molar-refractivity contribution in [3.8, 4) is 66.8 Å². The van der Waals surface area contributed by atoms with Gasteiger partial charge in [-0.1, -0.05) is 297 Å². The number of hydrogen-bond acceptors (Lipinski definition) is 3. The van der Waals surface area contributed by atoms with Crippen LogP contribution in [0.25, 0.3) is 148 Å². The second-order valence-electron chi connectivity index (χ2n) is 26.6. The van der Waals surface area contributed by atoms with E-state index in [0.29, 0.717) is 5.56 Å². The number of anilines is 6. The van der Waals surface area contributed by atoms with Gasteiger partial charge in [0.1, 0.15) is 11.2 Å². The number of aromatic nitrogens is 1. The van der Waals surface area contributed by atoms with Crippen molar-refractivity contribution in [2.45, 2.75) is 0 Å². The van der Waals surface area contributed by atoms with Crippen molar-refractivity contribution >= 4 is 139 Å². The molecule has 0 aliphatic carbocycles. The Kier molecular flexibility index (Phi) is 11.7. The number of hydrogen-bond donors (Lipinski definition) is 0. The van der Waals surface area contributed by atoms with Crippen molar-refractivity contribution in [2.75, 3.05) is 9.80 Å². The maximum Gasteiger partial charge on any atom is 0.252 e. The van der Waals surface area contributed by atoms with Crippen LogP contribution in [0.2, 0.25) is 0 Å². The summed E-state index contributed by atoms with van der Waals surface area (Å²) in [6.45, 7) is -0.505. The van der Waals surface area contributed by atoms with E-state index in [1.807, 2.05) is 18.2 Å². The lowest BCUT2D eigenvalue weighted by Gasteiger charge is -2.45. The molecule has 0 saturated carbocycles. The van der Waals surface area contributed by atoms with E-state index in [4.69, 9.17) is 5.79 Å². The van der Waals surface area contributed by atoms with Gasteiger partial charge in [0.2, 0.25) is 0 Å². The van der Waals surface area contributed by atoms with Crippen molar-refractivity contribution in [1.82, 2.24) is 4.40 Å². The van der Waals surface area contributed by atoms with Crippen LogP contribution in [0.4, 0.5) is 34.1 Å². The Morgan fingerprint density at radius 1 is 0.257 bits per heavy atom. The van der Waals surface area contributed by atoms with Crippen molar-refractivity contribution in [1.29, 1.82) is 0 Å². The zero-order valence-electron chi connectivity index (χ0n) is 59.6. The molecule has 3 aromatic heterocycles. The van der Waals surface area contributed by atoms with Gasteiger partial charge in [0.15, 0.2) is 0 Å². The Hall–Kier alpha value is -13.2. The molecule has 2 aliphatic heterocycles. The highest BCUT2D eigenvalue weighted by Gasteiger charge is 2.45. The first-order chi connectivity index (χ1) is 52.2. The largest absolute Gasteiger partial charge is 0.456 e. The molecule has 0 atom stereocenters. The fraction of sp³-hybridized carbons (Fsp3) is 0. The molecule has 0 N–H and O–H groups in total. The summed E-state index contributed by atoms with van der Waals surface area (Å²) in [5.74, 6) is 0. The Labute approximate surface area is 591 Å². The van der Waals surface area contributed by atoms with E-state index < -0.39 is 24.8 Å². The Morgan fingerprint density at radius 2 is 0.723 bits per heavy atom. The SMILES string of the molecule is [2H]c1c([2H])c([2H])c(-c2cc3c4c(c2)N(c2ccc(-c5ccccc5)cc2-c2ccccc2)c2cc5c(cc2B4c2ccc(-c4cccc6oc7ccccc7c46)cc2N3c2ccc(-c3ccccc3)cc2-c2ccccc2)c2ccccc2c2ccccc2c2cccc3c4ccccc4n5c23)c([2H])c1[2H]. The van der Waals surface area contributed by atoms with Crippen LogP contribution in [0.1, 0.15) is 6.85 Å². The smallest absolute Gasteiger partial charge is 0.252 e. The molecule has 101 heavy (non-hydrogen) atoms. The fourth-order valence-corrected chi connectivity index (χ4v) is 16.8. The van der Waals surface area contributed by atoms with Gasteiger partial charge in [-0.2, -0.15) is 0 Å². The summed E-state index contributed by atoms with van der Waals surface area (Å²) in [6, 6.07) is 118. The molecule has 16 aromatic carbocycles. The first kappa shape index (κ1) is 52.0.